The van der Waals surface area contributed by atoms with Gasteiger partial charge in [0, 0.05) is 26.0 Å². The first-order valence-corrected chi connectivity index (χ1v) is 11.5. The monoisotopic (exact) mass is 376 g/mol. The predicted molar refractivity (Wildman–Crippen MR) is 117 cm³/mol. The summed E-state index contributed by atoms with van der Waals surface area (Å²) in [6.07, 6.45) is 18.6. The SMILES string of the molecule is Cc1cncc(C2=CCC3C4CCC5=CN(C)CCC[C@]5(C)C4CC[C@]23C)c1. The molecule has 0 amide bonds. The van der Waals surface area contributed by atoms with E-state index < -0.39 is 0 Å². The fourth-order valence-corrected chi connectivity index (χ4v) is 7.63. The van der Waals surface area contributed by atoms with Crippen LogP contribution in [0.2, 0.25) is 0 Å². The molecule has 1 aromatic heterocycles. The van der Waals surface area contributed by atoms with E-state index in [1.807, 2.05) is 6.20 Å². The Labute approximate surface area is 171 Å². The molecule has 1 aliphatic heterocycles. The molecule has 2 fully saturated rings. The van der Waals surface area contributed by atoms with Crippen molar-refractivity contribution in [3.8, 4) is 0 Å². The number of allylic oxidation sites excluding steroid dienone is 3. The molecule has 0 bridgehead atoms. The number of aryl methyl sites for hydroxylation is 1. The van der Waals surface area contributed by atoms with Crippen molar-refractivity contribution >= 4 is 5.57 Å². The van der Waals surface area contributed by atoms with Crippen molar-refractivity contribution < 1.29 is 0 Å². The number of nitrogens with zero attached hydrogens (tertiary/aromatic N) is 2. The Bertz CT molecular complexity index is 837. The van der Waals surface area contributed by atoms with Crippen LogP contribution in [0.25, 0.3) is 5.57 Å². The summed E-state index contributed by atoms with van der Waals surface area (Å²) < 4.78 is 0. The first-order valence-electron chi connectivity index (χ1n) is 11.5. The van der Waals surface area contributed by atoms with Crippen LogP contribution < -0.4 is 0 Å². The van der Waals surface area contributed by atoms with Crippen molar-refractivity contribution in [1.82, 2.24) is 9.88 Å². The molecule has 3 unspecified atom stereocenters. The topological polar surface area (TPSA) is 16.1 Å². The fourth-order valence-electron chi connectivity index (χ4n) is 7.63. The molecule has 2 saturated carbocycles. The first kappa shape index (κ1) is 18.5. The van der Waals surface area contributed by atoms with Crippen molar-refractivity contribution in [2.24, 2.45) is 28.6 Å². The smallest absolute Gasteiger partial charge is 0.0343 e. The second-order valence-corrected chi connectivity index (χ2v) is 10.6. The zero-order valence-corrected chi connectivity index (χ0v) is 18.2. The van der Waals surface area contributed by atoms with Gasteiger partial charge in [0.05, 0.1) is 0 Å². The minimum atomic E-state index is 0.343. The highest BCUT2D eigenvalue weighted by Gasteiger charge is 2.56. The number of hydrogen-bond acceptors (Lipinski definition) is 2. The van der Waals surface area contributed by atoms with Gasteiger partial charge in [0.25, 0.3) is 0 Å². The van der Waals surface area contributed by atoms with E-state index in [4.69, 9.17) is 0 Å². The molecule has 28 heavy (non-hydrogen) atoms. The van der Waals surface area contributed by atoms with Crippen molar-refractivity contribution in [2.75, 3.05) is 13.6 Å². The van der Waals surface area contributed by atoms with Gasteiger partial charge in [-0.2, -0.15) is 0 Å². The van der Waals surface area contributed by atoms with E-state index in [0.717, 1.165) is 17.8 Å². The molecular formula is C26H36N2. The van der Waals surface area contributed by atoms with Gasteiger partial charge in [0.2, 0.25) is 0 Å². The minimum Gasteiger partial charge on any atom is -0.380 e. The lowest BCUT2D eigenvalue weighted by molar-refractivity contribution is -0.0186. The summed E-state index contributed by atoms with van der Waals surface area (Å²) >= 11 is 0. The summed E-state index contributed by atoms with van der Waals surface area (Å²) in [6, 6.07) is 2.35. The fraction of sp³-hybridized carbons (Fsp3) is 0.654. The summed E-state index contributed by atoms with van der Waals surface area (Å²) in [6.45, 7) is 8.58. The third kappa shape index (κ3) is 2.63. The summed E-state index contributed by atoms with van der Waals surface area (Å²) in [5.41, 5.74) is 6.78. The lowest BCUT2D eigenvalue weighted by Crippen LogP contribution is -2.48. The Morgan fingerprint density at radius 2 is 1.93 bits per heavy atom. The van der Waals surface area contributed by atoms with Crippen LogP contribution in [0.5, 0.6) is 0 Å². The van der Waals surface area contributed by atoms with Crippen molar-refractivity contribution in [3.63, 3.8) is 0 Å². The standard InChI is InChI=1S/C26H36N2/c1-18-14-19(16-27-15-18)22-8-9-23-21-7-6-20-17-28(4)13-5-11-25(20,2)24(21)10-12-26(22,23)3/h8,14-17,21,23-24H,5-7,9-13H2,1-4H3/t21?,23?,24?,25-,26+/m0/s1. The van der Waals surface area contributed by atoms with Gasteiger partial charge in [-0.1, -0.05) is 19.9 Å². The second-order valence-electron chi connectivity index (χ2n) is 10.6. The van der Waals surface area contributed by atoms with Crippen LogP contribution in [0.3, 0.4) is 0 Å². The highest BCUT2D eigenvalue weighted by Crippen LogP contribution is 2.66. The van der Waals surface area contributed by atoms with Gasteiger partial charge in [-0.05, 0) is 115 Å². The molecule has 1 aromatic rings. The van der Waals surface area contributed by atoms with E-state index in [9.17, 15) is 0 Å². The Hall–Kier alpha value is -1.57. The van der Waals surface area contributed by atoms with Gasteiger partial charge in [-0.15, -0.1) is 0 Å². The van der Waals surface area contributed by atoms with E-state index in [1.165, 1.54) is 62.6 Å². The number of fused-ring (bicyclic) bond motifs is 5. The quantitative estimate of drug-likeness (QED) is 0.577. The summed E-state index contributed by atoms with van der Waals surface area (Å²) in [4.78, 5) is 6.96. The molecule has 5 rings (SSSR count). The average Bonchev–Trinajstić information content (AvgIpc) is 2.93. The highest BCUT2D eigenvalue weighted by molar-refractivity contribution is 5.72. The third-order valence-corrected chi connectivity index (χ3v) is 9.09. The number of rotatable bonds is 1. The highest BCUT2D eigenvalue weighted by atomic mass is 15.1. The van der Waals surface area contributed by atoms with Gasteiger partial charge in [-0.3, -0.25) is 4.98 Å². The van der Waals surface area contributed by atoms with E-state index in [0.29, 0.717) is 10.8 Å². The molecule has 5 atom stereocenters. The Balaban J connectivity index is 1.47. The van der Waals surface area contributed by atoms with E-state index in [2.05, 4.69) is 62.2 Å². The molecule has 4 aliphatic rings. The molecule has 150 valence electrons. The lowest BCUT2D eigenvalue weighted by atomic mass is 9.47. The lowest BCUT2D eigenvalue weighted by Gasteiger charge is -2.57. The largest absolute Gasteiger partial charge is 0.380 e. The molecule has 0 radical (unpaired) electrons. The maximum Gasteiger partial charge on any atom is 0.0343 e. The summed E-state index contributed by atoms with van der Waals surface area (Å²) in [5.74, 6) is 2.58. The van der Waals surface area contributed by atoms with Crippen molar-refractivity contribution in [2.45, 2.75) is 65.7 Å². The molecule has 2 heteroatoms. The molecule has 0 saturated heterocycles. The van der Waals surface area contributed by atoms with Crippen LogP contribution >= 0.6 is 0 Å². The summed E-state index contributed by atoms with van der Waals surface area (Å²) in [7, 11) is 2.27. The van der Waals surface area contributed by atoms with Gasteiger partial charge in [0.1, 0.15) is 0 Å². The second kappa shape index (κ2) is 6.47. The van der Waals surface area contributed by atoms with Gasteiger partial charge < -0.3 is 4.90 Å². The maximum atomic E-state index is 4.51. The number of pyridine rings is 1. The molecule has 2 nitrogen and oxygen atoms in total. The zero-order valence-electron chi connectivity index (χ0n) is 18.2. The van der Waals surface area contributed by atoms with E-state index in [1.54, 1.807) is 11.1 Å². The molecule has 3 aliphatic carbocycles. The van der Waals surface area contributed by atoms with Crippen LogP contribution in [0.15, 0.2) is 36.3 Å². The summed E-state index contributed by atoms with van der Waals surface area (Å²) in [5, 5.41) is 0. The molecular weight excluding hydrogens is 340 g/mol. The molecule has 2 heterocycles. The number of hydrogen-bond donors (Lipinski definition) is 0. The van der Waals surface area contributed by atoms with Gasteiger partial charge in [0.15, 0.2) is 0 Å². The van der Waals surface area contributed by atoms with Crippen LogP contribution in [-0.2, 0) is 0 Å². The van der Waals surface area contributed by atoms with Crippen LogP contribution in [-0.4, -0.2) is 23.5 Å². The van der Waals surface area contributed by atoms with Crippen molar-refractivity contribution in [1.29, 1.82) is 0 Å². The van der Waals surface area contributed by atoms with E-state index in [-0.39, 0.29) is 0 Å². The zero-order chi connectivity index (χ0) is 19.5. The number of aromatic nitrogens is 1. The van der Waals surface area contributed by atoms with Crippen LogP contribution in [0, 0.1) is 35.5 Å². The molecule has 0 spiro atoms. The average molecular weight is 377 g/mol. The predicted octanol–water partition coefficient (Wildman–Crippen LogP) is 6.24. The maximum absolute atomic E-state index is 4.51. The van der Waals surface area contributed by atoms with Crippen molar-refractivity contribution in [3.05, 3.63) is 47.4 Å². The Kier molecular flexibility index (Phi) is 4.27. The van der Waals surface area contributed by atoms with Crippen LogP contribution in [0.4, 0.5) is 0 Å². The molecule has 0 N–H and O–H groups in total. The Morgan fingerprint density at radius 3 is 2.75 bits per heavy atom. The van der Waals surface area contributed by atoms with Gasteiger partial charge in [-0.25, -0.2) is 0 Å². The minimum absolute atomic E-state index is 0.343. The normalized spacial score (nSPS) is 40.0. The Morgan fingerprint density at radius 1 is 1.07 bits per heavy atom. The van der Waals surface area contributed by atoms with E-state index >= 15 is 0 Å². The van der Waals surface area contributed by atoms with Gasteiger partial charge >= 0.3 is 0 Å². The van der Waals surface area contributed by atoms with Crippen LogP contribution in [0.1, 0.15) is 69.9 Å². The third-order valence-electron chi connectivity index (χ3n) is 9.09. The first-order chi connectivity index (χ1) is 13.4. The molecule has 0 aromatic carbocycles.